The third kappa shape index (κ3) is 16.8. The highest BCUT2D eigenvalue weighted by molar-refractivity contribution is 6.30. The van der Waals surface area contributed by atoms with Crippen molar-refractivity contribution in [2.45, 2.75) is 66.1 Å². The lowest BCUT2D eigenvalue weighted by Gasteiger charge is -2.35. The molecule has 4 fully saturated rings. The van der Waals surface area contributed by atoms with Gasteiger partial charge in [-0.2, -0.15) is 0 Å². The highest BCUT2D eigenvalue weighted by Gasteiger charge is 2.28. The summed E-state index contributed by atoms with van der Waals surface area (Å²) in [6.07, 6.45) is -0.175. The number of fused-ring (bicyclic) bond motifs is 2. The molecule has 12 rings (SSSR count). The number of carbonyl (C=O) groups excluding carboxylic acids is 2. The Kier molecular flexibility index (Phi) is 22.2. The van der Waals surface area contributed by atoms with Crippen LogP contribution in [0.25, 0.3) is 33.2 Å². The Hall–Kier alpha value is -7.92. The first-order chi connectivity index (χ1) is 44.7. The van der Waals surface area contributed by atoms with Crippen LogP contribution < -0.4 is 30.1 Å². The summed E-state index contributed by atoms with van der Waals surface area (Å²) in [6, 6.07) is 40.9. The van der Waals surface area contributed by atoms with Gasteiger partial charge in [-0.1, -0.05) is 65.7 Å². The van der Waals surface area contributed by atoms with E-state index in [1.54, 1.807) is 57.7 Å². The Balaban J connectivity index is 0.000000188. The average molecular weight is 1290 g/mol. The normalized spacial score (nSPS) is 16.2. The lowest BCUT2D eigenvalue weighted by atomic mass is 10.1. The van der Waals surface area contributed by atoms with E-state index >= 15 is 0 Å². The molecule has 0 saturated carbocycles. The summed E-state index contributed by atoms with van der Waals surface area (Å²) in [6.45, 7) is 21.4. The first kappa shape index (κ1) is 65.6. The van der Waals surface area contributed by atoms with Crippen LogP contribution in [-0.2, 0) is 45.2 Å². The number of hydrogen-bond acceptors (Lipinski definition) is 16. The summed E-state index contributed by atoms with van der Waals surface area (Å²) in [5, 5.41) is 2.34. The van der Waals surface area contributed by atoms with E-state index in [4.69, 9.17) is 61.6 Å². The molecule has 0 N–H and O–H groups in total. The van der Waals surface area contributed by atoms with E-state index in [1.165, 1.54) is 0 Å². The van der Waals surface area contributed by atoms with Crippen molar-refractivity contribution in [3.8, 4) is 34.4 Å². The molecule has 4 saturated heterocycles. The van der Waals surface area contributed by atoms with Crippen LogP contribution in [-0.4, -0.2) is 191 Å². The van der Waals surface area contributed by atoms with Crippen molar-refractivity contribution in [3.05, 3.63) is 187 Å². The highest BCUT2D eigenvalue weighted by Crippen LogP contribution is 2.32. The molecule has 4 aliphatic rings. The lowest BCUT2D eigenvalue weighted by Crippen LogP contribution is -2.50. The molecule has 0 bridgehead atoms. The summed E-state index contributed by atoms with van der Waals surface area (Å²) in [4.78, 5) is 77.0. The molecule has 0 unspecified atom stereocenters. The summed E-state index contributed by atoms with van der Waals surface area (Å²) >= 11 is 11.9. The first-order valence-corrected chi connectivity index (χ1v) is 32.4. The van der Waals surface area contributed by atoms with Crippen LogP contribution >= 0.6 is 23.2 Å². The summed E-state index contributed by atoms with van der Waals surface area (Å²) in [5.74, 6) is 3.68. The number of halogens is 2. The van der Waals surface area contributed by atoms with Gasteiger partial charge in [0.2, 0.25) is 0 Å². The number of aromatic nitrogens is 4. The number of morpholine rings is 2. The Labute approximate surface area is 546 Å². The number of hydrogen-bond donors (Lipinski definition) is 0. The number of piperazine rings is 2. The monoisotopic (exact) mass is 1290 g/mol. The topological polar surface area (TPSA) is 179 Å². The molecule has 6 aromatic carbocycles. The standard InChI is InChI=1S/2C35H40ClN5O5/c1-25(2)46-34-26(22-39-18-20-44-21-19-39)6-5-9-31(34)41-32(37-30-8-4-3-7-29(30)35(41)43)23-38-14-16-40(17-15-38)33(42)24-45-28-12-10-27(36)11-13-28;1-25(2)46-32-21-26(22-39-17-19-44-20-18-39)7-12-31(32)41-33(37-30-6-4-3-5-29(30)35(41)43)23-38-13-15-40(16-14-38)34(42)24-45-28-10-8-27(36)9-11-28/h3-13,25H,14-24H2,1-2H3;3-12,21,25H,13-20,22-24H2,1-2H3. The molecule has 0 spiro atoms. The Morgan fingerprint density at radius 1 is 0.478 bits per heavy atom. The van der Waals surface area contributed by atoms with Crippen LogP contribution in [0.2, 0.25) is 10.0 Å². The van der Waals surface area contributed by atoms with Crippen LogP contribution in [0.15, 0.2) is 143 Å². The van der Waals surface area contributed by atoms with E-state index in [9.17, 15) is 19.2 Å². The number of carbonyl (C=O) groups is 2. The zero-order chi connectivity index (χ0) is 64.1. The maximum atomic E-state index is 14.2. The molecule has 6 heterocycles. The third-order valence-electron chi connectivity index (χ3n) is 16.5. The Morgan fingerprint density at radius 2 is 0.924 bits per heavy atom. The third-order valence-corrected chi connectivity index (χ3v) is 17.0. The number of benzene rings is 6. The maximum absolute atomic E-state index is 14.2. The molecule has 0 atom stereocenters. The maximum Gasteiger partial charge on any atom is 0.266 e. The van der Waals surface area contributed by atoms with Crippen molar-refractivity contribution in [2.75, 3.05) is 118 Å². The van der Waals surface area contributed by atoms with Gasteiger partial charge in [0.05, 0.1) is 84.9 Å². The molecule has 484 valence electrons. The molecular weight excluding hydrogens is 1210 g/mol. The van der Waals surface area contributed by atoms with Crippen molar-refractivity contribution in [2.24, 2.45) is 0 Å². The number of amides is 2. The van der Waals surface area contributed by atoms with Gasteiger partial charge in [0.1, 0.15) is 34.6 Å². The molecule has 2 amide bonds. The molecule has 4 aliphatic heterocycles. The van der Waals surface area contributed by atoms with Gasteiger partial charge in [0.25, 0.3) is 22.9 Å². The largest absolute Gasteiger partial charge is 0.489 e. The molecule has 92 heavy (non-hydrogen) atoms. The van der Waals surface area contributed by atoms with Crippen molar-refractivity contribution >= 4 is 56.8 Å². The van der Waals surface area contributed by atoms with Crippen LogP contribution in [0.3, 0.4) is 0 Å². The minimum Gasteiger partial charge on any atom is -0.489 e. The van der Waals surface area contributed by atoms with Crippen molar-refractivity contribution < 1.29 is 38.0 Å². The fraction of sp³-hybridized carbons (Fsp3) is 0.400. The number of nitrogens with zero attached hydrogens (tertiary/aromatic N) is 10. The van der Waals surface area contributed by atoms with E-state index < -0.39 is 0 Å². The van der Waals surface area contributed by atoms with E-state index in [-0.39, 0.29) is 48.4 Å². The quantitative estimate of drug-likeness (QED) is 0.0706. The predicted molar refractivity (Wildman–Crippen MR) is 356 cm³/mol. The summed E-state index contributed by atoms with van der Waals surface area (Å²) in [5.41, 5.74) is 4.54. The van der Waals surface area contributed by atoms with E-state index in [0.717, 1.165) is 57.1 Å². The molecule has 2 aromatic heterocycles. The van der Waals surface area contributed by atoms with Crippen LogP contribution in [0.4, 0.5) is 0 Å². The number of rotatable bonds is 20. The van der Waals surface area contributed by atoms with Crippen molar-refractivity contribution in [1.29, 1.82) is 0 Å². The summed E-state index contributed by atoms with van der Waals surface area (Å²) < 4.78 is 38.7. The van der Waals surface area contributed by atoms with Gasteiger partial charge in [0.15, 0.2) is 13.2 Å². The molecule has 22 heteroatoms. The fourth-order valence-corrected chi connectivity index (χ4v) is 12.0. The van der Waals surface area contributed by atoms with E-state index in [0.29, 0.717) is 163 Å². The number of ether oxygens (including phenoxy) is 6. The Morgan fingerprint density at radius 3 is 1.40 bits per heavy atom. The second-order valence-electron chi connectivity index (χ2n) is 23.8. The van der Waals surface area contributed by atoms with Gasteiger partial charge in [0, 0.05) is 107 Å². The van der Waals surface area contributed by atoms with Crippen molar-refractivity contribution in [3.63, 3.8) is 0 Å². The highest BCUT2D eigenvalue weighted by atomic mass is 35.5. The summed E-state index contributed by atoms with van der Waals surface area (Å²) in [7, 11) is 0. The van der Waals surface area contributed by atoms with Crippen molar-refractivity contribution in [1.82, 2.24) is 48.5 Å². The minimum atomic E-state index is -0.136. The van der Waals surface area contributed by atoms with Crippen LogP contribution in [0.5, 0.6) is 23.0 Å². The second kappa shape index (κ2) is 31.1. The SMILES string of the molecule is CC(C)Oc1c(CN2CCOCC2)cccc1-n1c(CN2CCN(C(=O)COc3ccc(Cl)cc3)CC2)nc2ccccc2c1=O.CC(C)Oc1cc(CN2CCOCC2)ccc1-n1c(CN2CCN(C(=O)COc3ccc(Cl)cc3)CC2)nc2ccccc2c1=O. The fourth-order valence-electron chi connectivity index (χ4n) is 11.8. The van der Waals surface area contributed by atoms with Gasteiger partial charge < -0.3 is 38.2 Å². The molecule has 0 radical (unpaired) electrons. The molecule has 20 nitrogen and oxygen atoms in total. The first-order valence-electron chi connectivity index (χ1n) is 31.7. The lowest BCUT2D eigenvalue weighted by molar-refractivity contribution is -0.135. The minimum absolute atomic E-state index is 0.0342. The van der Waals surface area contributed by atoms with Gasteiger partial charge >= 0.3 is 0 Å². The predicted octanol–water partition coefficient (Wildman–Crippen LogP) is 8.76. The number of para-hydroxylation sites is 3. The van der Waals surface area contributed by atoms with Gasteiger partial charge in [-0.25, -0.2) is 9.97 Å². The van der Waals surface area contributed by atoms with Crippen LogP contribution in [0.1, 0.15) is 50.5 Å². The molecule has 0 aliphatic carbocycles. The molecular formula is C70H80Cl2N10O10. The zero-order valence-electron chi connectivity index (χ0n) is 52.7. The van der Waals surface area contributed by atoms with E-state index in [1.807, 2.05) is 110 Å². The van der Waals surface area contributed by atoms with Gasteiger partial charge in [-0.05, 0) is 124 Å². The zero-order valence-corrected chi connectivity index (χ0v) is 54.2. The van der Waals surface area contributed by atoms with Crippen LogP contribution in [0, 0.1) is 0 Å². The Bertz CT molecular complexity index is 3940. The van der Waals surface area contributed by atoms with E-state index in [2.05, 4.69) is 31.7 Å². The smallest absolute Gasteiger partial charge is 0.266 e. The second-order valence-corrected chi connectivity index (χ2v) is 24.7. The average Bonchev–Trinajstić information content (AvgIpc) is 0.789. The van der Waals surface area contributed by atoms with Gasteiger partial charge in [-0.3, -0.25) is 47.9 Å². The van der Waals surface area contributed by atoms with Gasteiger partial charge in [-0.15, -0.1) is 0 Å². The molecule has 8 aromatic rings.